The van der Waals surface area contributed by atoms with Crippen LogP contribution in [0.2, 0.25) is 0 Å². The number of hydrogen-bond acceptors (Lipinski definition) is 3. The molecule has 0 aromatic heterocycles. The van der Waals surface area contributed by atoms with Crippen LogP contribution >= 0.6 is 11.8 Å². The molecule has 0 radical (unpaired) electrons. The maximum atomic E-state index is 3.82. The van der Waals surface area contributed by atoms with E-state index in [4.69, 9.17) is 0 Å². The lowest BCUT2D eigenvalue weighted by atomic mass is 9.92. The highest BCUT2D eigenvalue weighted by atomic mass is 32.2. The summed E-state index contributed by atoms with van der Waals surface area (Å²) in [5, 5.41) is 3.82. The summed E-state index contributed by atoms with van der Waals surface area (Å²) in [7, 11) is 0. The molecule has 94 valence electrons. The number of thioether (sulfide) groups is 1. The fourth-order valence-corrected chi connectivity index (χ4v) is 3.61. The van der Waals surface area contributed by atoms with Crippen LogP contribution in [0.25, 0.3) is 0 Å². The van der Waals surface area contributed by atoms with Gasteiger partial charge in [-0.15, -0.1) is 0 Å². The van der Waals surface area contributed by atoms with Gasteiger partial charge in [-0.1, -0.05) is 12.8 Å². The lowest BCUT2D eigenvalue weighted by Gasteiger charge is -2.45. The van der Waals surface area contributed by atoms with E-state index in [9.17, 15) is 0 Å². The zero-order valence-corrected chi connectivity index (χ0v) is 11.6. The van der Waals surface area contributed by atoms with Crippen molar-refractivity contribution >= 4 is 11.8 Å². The molecule has 0 amide bonds. The van der Waals surface area contributed by atoms with Crippen LogP contribution in [0.4, 0.5) is 0 Å². The van der Waals surface area contributed by atoms with Gasteiger partial charge in [-0.2, -0.15) is 11.8 Å². The molecule has 0 bridgehead atoms. The molecule has 1 atom stereocenters. The molecular weight excluding hydrogens is 216 g/mol. The van der Waals surface area contributed by atoms with Crippen LogP contribution in [0.1, 0.15) is 39.0 Å². The Labute approximate surface area is 105 Å². The Bertz CT molecular complexity index is 214. The lowest BCUT2D eigenvalue weighted by Crippen LogP contribution is -2.62. The standard InChI is InChI=1S/C13H26N2S/c1-12-10-14-13(6-3-4-7-13)11-15(12)8-5-9-16-2/h12,14H,3-11H2,1-2H3. The van der Waals surface area contributed by atoms with Crippen molar-refractivity contribution in [2.75, 3.05) is 31.6 Å². The van der Waals surface area contributed by atoms with Crippen molar-refractivity contribution < 1.29 is 0 Å². The molecule has 1 unspecified atom stereocenters. The minimum atomic E-state index is 0.492. The Hall–Kier alpha value is 0.270. The SMILES string of the molecule is CSCCCN1CC2(CCCC2)NCC1C. The Morgan fingerprint density at radius 2 is 2.12 bits per heavy atom. The molecule has 16 heavy (non-hydrogen) atoms. The molecule has 1 aliphatic heterocycles. The molecule has 0 aromatic carbocycles. The summed E-state index contributed by atoms with van der Waals surface area (Å²) >= 11 is 1.97. The van der Waals surface area contributed by atoms with Gasteiger partial charge in [0.15, 0.2) is 0 Å². The second-order valence-corrected chi connectivity index (χ2v) is 6.52. The second-order valence-electron chi connectivity index (χ2n) is 5.53. The van der Waals surface area contributed by atoms with Crippen LogP contribution in [0.5, 0.6) is 0 Å². The predicted octanol–water partition coefficient (Wildman–Crippen LogP) is 2.35. The highest BCUT2D eigenvalue weighted by Gasteiger charge is 2.39. The van der Waals surface area contributed by atoms with Crippen molar-refractivity contribution in [2.45, 2.75) is 50.6 Å². The molecule has 1 saturated heterocycles. The van der Waals surface area contributed by atoms with E-state index < -0.39 is 0 Å². The van der Waals surface area contributed by atoms with Crippen LogP contribution in [-0.2, 0) is 0 Å². The van der Waals surface area contributed by atoms with Crippen molar-refractivity contribution in [2.24, 2.45) is 0 Å². The van der Waals surface area contributed by atoms with Crippen molar-refractivity contribution in [3.05, 3.63) is 0 Å². The zero-order valence-electron chi connectivity index (χ0n) is 10.8. The minimum absolute atomic E-state index is 0.492. The number of piperazine rings is 1. The monoisotopic (exact) mass is 242 g/mol. The molecule has 1 heterocycles. The van der Waals surface area contributed by atoms with E-state index in [2.05, 4.69) is 23.4 Å². The second kappa shape index (κ2) is 5.74. The maximum Gasteiger partial charge on any atom is 0.0309 e. The predicted molar refractivity (Wildman–Crippen MR) is 73.2 cm³/mol. The first-order valence-electron chi connectivity index (χ1n) is 6.74. The third kappa shape index (κ3) is 2.93. The fourth-order valence-electron chi connectivity index (χ4n) is 3.19. The smallest absolute Gasteiger partial charge is 0.0309 e. The van der Waals surface area contributed by atoms with E-state index in [1.165, 1.54) is 57.5 Å². The maximum absolute atomic E-state index is 3.82. The molecule has 1 aliphatic carbocycles. The summed E-state index contributed by atoms with van der Waals surface area (Å²) in [5.74, 6) is 1.31. The van der Waals surface area contributed by atoms with Crippen LogP contribution in [0, 0.1) is 0 Å². The Kier molecular flexibility index (Phi) is 4.57. The van der Waals surface area contributed by atoms with Gasteiger partial charge >= 0.3 is 0 Å². The van der Waals surface area contributed by atoms with Gasteiger partial charge in [0.2, 0.25) is 0 Å². The first-order chi connectivity index (χ1) is 7.76. The number of nitrogens with zero attached hydrogens (tertiary/aromatic N) is 1. The minimum Gasteiger partial charge on any atom is -0.308 e. The third-order valence-electron chi connectivity index (χ3n) is 4.26. The number of nitrogens with one attached hydrogen (secondary N) is 1. The van der Waals surface area contributed by atoms with Gasteiger partial charge in [0, 0.05) is 24.7 Å². The Morgan fingerprint density at radius 3 is 2.81 bits per heavy atom. The van der Waals surface area contributed by atoms with Gasteiger partial charge in [-0.05, 0) is 44.7 Å². The number of rotatable bonds is 4. The van der Waals surface area contributed by atoms with Gasteiger partial charge in [0.05, 0.1) is 0 Å². The quantitative estimate of drug-likeness (QED) is 0.762. The zero-order chi connectivity index (χ0) is 11.4. The van der Waals surface area contributed by atoms with Gasteiger partial charge < -0.3 is 5.32 Å². The first-order valence-corrected chi connectivity index (χ1v) is 8.13. The summed E-state index contributed by atoms with van der Waals surface area (Å²) < 4.78 is 0. The Balaban J connectivity index is 1.84. The molecular formula is C13H26N2S. The largest absolute Gasteiger partial charge is 0.308 e. The molecule has 1 spiro atoms. The van der Waals surface area contributed by atoms with Crippen molar-refractivity contribution in [3.63, 3.8) is 0 Å². The molecule has 2 fully saturated rings. The summed E-state index contributed by atoms with van der Waals surface area (Å²) in [6.45, 7) is 6.15. The van der Waals surface area contributed by atoms with E-state index in [1.807, 2.05) is 11.8 Å². The molecule has 1 saturated carbocycles. The molecule has 3 heteroatoms. The summed E-state index contributed by atoms with van der Waals surface area (Å²) in [6.07, 6.45) is 9.22. The molecule has 2 aliphatic rings. The van der Waals surface area contributed by atoms with E-state index in [1.54, 1.807) is 0 Å². The van der Waals surface area contributed by atoms with E-state index in [-0.39, 0.29) is 0 Å². The van der Waals surface area contributed by atoms with Crippen molar-refractivity contribution in [1.29, 1.82) is 0 Å². The fraction of sp³-hybridized carbons (Fsp3) is 1.00. The van der Waals surface area contributed by atoms with Crippen molar-refractivity contribution in [3.8, 4) is 0 Å². The number of hydrogen-bond donors (Lipinski definition) is 1. The molecule has 1 N–H and O–H groups in total. The lowest BCUT2D eigenvalue weighted by molar-refractivity contribution is 0.0896. The van der Waals surface area contributed by atoms with Crippen LogP contribution in [-0.4, -0.2) is 48.1 Å². The first kappa shape index (κ1) is 12.7. The van der Waals surface area contributed by atoms with Gasteiger partial charge in [-0.3, -0.25) is 4.90 Å². The van der Waals surface area contributed by atoms with Crippen LogP contribution in [0.15, 0.2) is 0 Å². The Morgan fingerprint density at radius 1 is 1.38 bits per heavy atom. The summed E-state index contributed by atoms with van der Waals surface area (Å²) in [6, 6.07) is 0.730. The highest BCUT2D eigenvalue weighted by Crippen LogP contribution is 2.33. The van der Waals surface area contributed by atoms with E-state index in [0.717, 1.165) is 6.04 Å². The topological polar surface area (TPSA) is 15.3 Å². The van der Waals surface area contributed by atoms with E-state index in [0.29, 0.717) is 5.54 Å². The van der Waals surface area contributed by atoms with E-state index >= 15 is 0 Å². The summed E-state index contributed by atoms with van der Waals surface area (Å²) in [5.41, 5.74) is 0.492. The normalized spacial score (nSPS) is 30.0. The van der Waals surface area contributed by atoms with Gasteiger partial charge in [-0.25, -0.2) is 0 Å². The highest BCUT2D eigenvalue weighted by molar-refractivity contribution is 7.98. The summed E-state index contributed by atoms with van der Waals surface area (Å²) in [4.78, 5) is 2.72. The van der Waals surface area contributed by atoms with Crippen LogP contribution < -0.4 is 5.32 Å². The van der Waals surface area contributed by atoms with Gasteiger partial charge in [0.1, 0.15) is 0 Å². The molecule has 2 rings (SSSR count). The molecule has 2 nitrogen and oxygen atoms in total. The van der Waals surface area contributed by atoms with Crippen molar-refractivity contribution in [1.82, 2.24) is 10.2 Å². The average molecular weight is 242 g/mol. The average Bonchev–Trinajstić information content (AvgIpc) is 2.73. The molecule has 0 aromatic rings. The van der Waals surface area contributed by atoms with Crippen LogP contribution in [0.3, 0.4) is 0 Å². The third-order valence-corrected chi connectivity index (χ3v) is 4.95. The van der Waals surface area contributed by atoms with Gasteiger partial charge in [0.25, 0.3) is 0 Å².